The average molecular weight is 395 g/mol. The number of hydrogen-bond acceptors (Lipinski definition) is 6. The molecular weight excluding hydrogens is 368 g/mol. The normalized spacial score (nSPS) is 12.6. The van der Waals surface area contributed by atoms with Crippen LogP contribution in [0.5, 0.6) is 0 Å². The molecule has 0 radical (unpaired) electrons. The van der Waals surface area contributed by atoms with Crippen LogP contribution in [0.4, 0.5) is 0 Å². The van der Waals surface area contributed by atoms with Gasteiger partial charge in [-0.1, -0.05) is 47.3 Å². The Morgan fingerprint density at radius 1 is 0.545 bits per heavy atom. The van der Waals surface area contributed by atoms with Crippen LogP contribution in [0, 0.1) is 0 Å². The molecule has 0 aromatic heterocycles. The van der Waals surface area contributed by atoms with E-state index in [-0.39, 0.29) is 11.5 Å². The maximum Gasteiger partial charge on any atom is 0.264 e. The van der Waals surface area contributed by atoms with Gasteiger partial charge in [-0.3, -0.25) is 9.11 Å². The van der Waals surface area contributed by atoms with Gasteiger partial charge in [0.05, 0.1) is 11.5 Å². The summed E-state index contributed by atoms with van der Waals surface area (Å²) >= 11 is 0. The Hall–Kier alpha value is 0.520. The minimum atomic E-state index is -3.80. The third-order valence-electron chi connectivity index (χ3n) is 2.84. The second-order valence-electron chi connectivity index (χ2n) is 5.04. The zero-order chi connectivity index (χ0) is 16.9. The van der Waals surface area contributed by atoms with Gasteiger partial charge in [0, 0.05) is 11.5 Å². The summed E-state index contributed by atoms with van der Waals surface area (Å²) in [6, 6.07) is 0. The van der Waals surface area contributed by atoms with E-state index in [1.54, 1.807) is 21.6 Å². The molecular formula is C12H26O6S4. The van der Waals surface area contributed by atoms with Gasteiger partial charge in [0.15, 0.2) is 0 Å². The van der Waals surface area contributed by atoms with E-state index in [4.69, 9.17) is 9.11 Å². The SMILES string of the molecule is O=S(=O)(O)CCCCCCSSCCCCCCS(=O)(=O)O. The summed E-state index contributed by atoms with van der Waals surface area (Å²) in [5.74, 6) is 1.76. The third kappa shape index (κ3) is 20.5. The maximum absolute atomic E-state index is 10.5. The van der Waals surface area contributed by atoms with Gasteiger partial charge in [-0.05, 0) is 25.7 Å². The lowest BCUT2D eigenvalue weighted by atomic mass is 10.2. The first-order valence-corrected chi connectivity index (χ1v) is 13.1. The molecule has 22 heavy (non-hydrogen) atoms. The molecule has 134 valence electrons. The van der Waals surface area contributed by atoms with Crippen LogP contribution >= 0.6 is 21.6 Å². The molecule has 0 aliphatic rings. The summed E-state index contributed by atoms with van der Waals surface area (Å²) in [5.41, 5.74) is 0. The van der Waals surface area contributed by atoms with Crippen LogP contribution in [0.2, 0.25) is 0 Å². The molecule has 10 heteroatoms. The molecule has 0 saturated heterocycles. The zero-order valence-electron chi connectivity index (χ0n) is 12.6. The van der Waals surface area contributed by atoms with Crippen molar-refractivity contribution >= 4 is 41.8 Å². The molecule has 0 aliphatic carbocycles. The summed E-state index contributed by atoms with van der Waals surface area (Å²) in [4.78, 5) is 0. The molecule has 0 unspecified atom stereocenters. The van der Waals surface area contributed by atoms with E-state index in [0.29, 0.717) is 12.8 Å². The topological polar surface area (TPSA) is 109 Å². The van der Waals surface area contributed by atoms with Gasteiger partial charge in [-0.15, -0.1) is 0 Å². The molecule has 0 atom stereocenters. The molecule has 6 nitrogen and oxygen atoms in total. The number of rotatable bonds is 15. The summed E-state index contributed by atoms with van der Waals surface area (Å²) < 4.78 is 59.1. The Morgan fingerprint density at radius 3 is 1.18 bits per heavy atom. The quantitative estimate of drug-likeness (QED) is 0.247. The lowest BCUT2D eigenvalue weighted by Gasteiger charge is -2.02. The fourth-order valence-electron chi connectivity index (χ4n) is 1.72. The first-order chi connectivity index (χ1) is 10.2. The Kier molecular flexibility index (Phi) is 13.2. The molecule has 2 N–H and O–H groups in total. The summed E-state index contributed by atoms with van der Waals surface area (Å²) in [6.07, 6.45) is 6.68. The highest BCUT2D eigenvalue weighted by molar-refractivity contribution is 8.76. The summed E-state index contributed by atoms with van der Waals surface area (Å²) in [5, 5.41) is 0. The largest absolute Gasteiger partial charge is 0.286 e. The van der Waals surface area contributed by atoms with Crippen LogP contribution in [0.15, 0.2) is 0 Å². The van der Waals surface area contributed by atoms with Crippen molar-refractivity contribution < 1.29 is 25.9 Å². The highest BCUT2D eigenvalue weighted by Gasteiger charge is 2.04. The van der Waals surface area contributed by atoms with Gasteiger partial charge >= 0.3 is 0 Å². The van der Waals surface area contributed by atoms with E-state index in [1.807, 2.05) is 0 Å². The Labute approximate surface area is 142 Å². The first-order valence-electron chi connectivity index (χ1n) is 7.35. The van der Waals surface area contributed by atoms with E-state index in [9.17, 15) is 16.8 Å². The molecule has 0 spiro atoms. The highest BCUT2D eigenvalue weighted by atomic mass is 33.1. The molecule has 0 aromatic carbocycles. The van der Waals surface area contributed by atoms with Gasteiger partial charge in [-0.2, -0.15) is 16.8 Å². The molecule has 0 rings (SSSR count). The molecule has 0 saturated carbocycles. The Balaban J connectivity index is 3.15. The predicted molar refractivity (Wildman–Crippen MR) is 94.7 cm³/mol. The maximum atomic E-state index is 10.5. The fourth-order valence-corrected chi connectivity index (χ4v) is 5.15. The molecule has 0 aromatic rings. The molecule has 0 aliphatic heterocycles. The molecule has 0 heterocycles. The van der Waals surface area contributed by atoms with E-state index < -0.39 is 20.2 Å². The Morgan fingerprint density at radius 2 is 0.864 bits per heavy atom. The molecule has 0 bridgehead atoms. The van der Waals surface area contributed by atoms with Crippen molar-refractivity contribution in [3.8, 4) is 0 Å². The van der Waals surface area contributed by atoms with Crippen molar-refractivity contribution in [2.45, 2.75) is 51.4 Å². The highest BCUT2D eigenvalue weighted by Crippen LogP contribution is 2.24. The van der Waals surface area contributed by atoms with Crippen LogP contribution in [-0.4, -0.2) is 49.0 Å². The smallest absolute Gasteiger partial charge is 0.264 e. The van der Waals surface area contributed by atoms with Gasteiger partial charge < -0.3 is 0 Å². The van der Waals surface area contributed by atoms with Crippen LogP contribution in [0.1, 0.15) is 51.4 Å². The second kappa shape index (κ2) is 12.9. The minimum absolute atomic E-state index is 0.146. The van der Waals surface area contributed by atoms with Crippen molar-refractivity contribution in [1.82, 2.24) is 0 Å². The van der Waals surface area contributed by atoms with Gasteiger partial charge in [0.1, 0.15) is 0 Å². The van der Waals surface area contributed by atoms with E-state index in [0.717, 1.165) is 50.0 Å². The number of unbranched alkanes of at least 4 members (excludes halogenated alkanes) is 6. The van der Waals surface area contributed by atoms with E-state index >= 15 is 0 Å². The fraction of sp³-hybridized carbons (Fsp3) is 1.00. The van der Waals surface area contributed by atoms with E-state index in [1.165, 1.54) is 0 Å². The lowest BCUT2D eigenvalue weighted by Crippen LogP contribution is -2.03. The monoisotopic (exact) mass is 394 g/mol. The van der Waals surface area contributed by atoms with Crippen molar-refractivity contribution in [1.29, 1.82) is 0 Å². The molecule has 0 fully saturated rings. The van der Waals surface area contributed by atoms with Crippen LogP contribution < -0.4 is 0 Å². The lowest BCUT2D eigenvalue weighted by molar-refractivity contribution is 0.477. The molecule has 0 amide bonds. The van der Waals surface area contributed by atoms with Gasteiger partial charge in [-0.25, -0.2) is 0 Å². The predicted octanol–water partition coefficient (Wildman–Crippen LogP) is 3.26. The first kappa shape index (κ1) is 22.5. The Bertz CT molecular complexity index is 416. The van der Waals surface area contributed by atoms with Gasteiger partial charge in [0.2, 0.25) is 0 Å². The van der Waals surface area contributed by atoms with Crippen LogP contribution in [0.3, 0.4) is 0 Å². The average Bonchev–Trinajstić information content (AvgIpc) is 2.36. The third-order valence-corrected chi connectivity index (χ3v) is 7.03. The van der Waals surface area contributed by atoms with Crippen molar-refractivity contribution in [2.24, 2.45) is 0 Å². The van der Waals surface area contributed by atoms with Crippen molar-refractivity contribution in [3.05, 3.63) is 0 Å². The standard InChI is InChI=1S/C12H26O6S4/c13-21(14,15)11-7-3-1-5-9-19-20-10-6-2-4-8-12-22(16,17)18/h1-12H2,(H,13,14,15)(H,16,17,18). The summed E-state index contributed by atoms with van der Waals surface area (Å²) in [6.45, 7) is 0. The second-order valence-corrected chi connectivity index (χ2v) is 10.9. The van der Waals surface area contributed by atoms with Crippen LogP contribution in [-0.2, 0) is 20.2 Å². The van der Waals surface area contributed by atoms with Gasteiger partial charge in [0.25, 0.3) is 20.2 Å². The van der Waals surface area contributed by atoms with Crippen molar-refractivity contribution in [3.63, 3.8) is 0 Å². The van der Waals surface area contributed by atoms with Crippen molar-refractivity contribution in [2.75, 3.05) is 23.0 Å². The summed E-state index contributed by atoms with van der Waals surface area (Å²) in [7, 11) is -4.01. The minimum Gasteiger partial charge on any atom is -0.286 e. The zero-order valence-corrected chi connectivity index (χ0v) is 15.9. The van der Waals surface area contributed by atoms with Crippen LogP contribution in [0.25, 0.3) is 0 Å². The van der Waals surface area contributed by atoms with E-state index in [2.05, 4.69) is 0 Å². The number of hydrogen-bond donors (Lipinski definition) is 2.